The lowest BCUT2D eigenvalue weighted by Gasteiger charge is -2.41. The van der Waals surface area contributed by atoms with Gasteiger partial charge in [0.05, 0.1) is 11.2 Å². The van der Waals surface area contributed by atoms with E-state index in [0.717, 1.165) is 17.6 Å². The number of hydrogen-bond donors (Lipinski definition) is 0. The molecular formula is C20H28N2O. The zero-order chi connectivity index (χ0) is 17.2. The van der Waals surface area contributed by atoms with Gasteiger partial charge in [-0.05, 0) is 40.4 Å². The number of fused-ring (bicyclic) bond motifs is 3. The molecule has 1 atom stereocenters. The molecule has 0 aromatic carbocycles. The highest BCUT2D eigenvalue weighted by Gasteiger charge is 2.39. The molecule has 1 aliphatic heterocycles. The minimum absolute atomic E-state index is 0.0302. The van der Waals surface area contributed by atoms with Crippen molar-refractivity contribution in [2.75, 3.05) is 0 Å². The fraction of sp³-hybridized carbons (Fsp3) is 0.550. The number of hydrogen-bond acceptors (Lipinski definition) is 1. The Bertz CT molecular complexity index is 853. The molecule has 0 bridgehead atoms. The third kappa shape index (κ3) is 2.37. The molecule has 2 aromatic rings. The Morgan fingerprint density at radius 3 is 2.35 bits per heavy atom. The third-order valence-corrected chi connectivity index (χ3v) is 5.66. The fourth-order valence-corrected chi connectivity index (χ4v) is 3.20. The van der Waals surface area contributed by atoms with Crippen molar-refractivity contribution in [2.24, 2.45) is 10.8 Å². The topological polar surface area (TPSA) is 26.4 Å². The van der Waals surface area contributed by atoms with Gasteiger partial charge in [0.15, 0.2) is 0 Å². The van der Waals surface area contributed by atoms with Crippen molar-refractivity contribution >= 4 is 11.7 Å². The van der Waals surface area contributed by atoms with Crippen molar-refractivity contribution in [3.8, 4) is 0 Å². The van der Waals surface area contributed by atoms with Gasteiger partial charge in [-0.1, -0.05) is 54.5 Å². The summed E-state index contributed by atoms with van der Waals surface area (Å²) >= 11 is 0. The molecular weight excluding hydrogens is 284 g/mol. The Morgan fingerprint density at radius 1 is 1.13 bits per heavy atom. The quantitative estimate of drug-likeness (QED) is 0.704. The summed E-state index contributed by atoms with van der Waals surface area (Å²) in [5.41, 5.74) is 3.72. The fourth-order valence-electron chi connectivity index (χ4n) is 3.20. The molecule has 3 nitrogen and oxygen atoms in total. The summed E-state index contributed by atoms with van der Waals surface area (Å²) in [4.78, 5) is 12.7. The summed E-state index contributed by atoms with van der Waals surface area (Å²) in [5.74, 6) is 0. The maximum atomic E-state index is 12.7. The lowest BCUT2D eigenvalue weighted by atomic mass is 9.64. The van der Waals surface area contributed by atoms with Gasteiger partial charge in [-0.25, -0.2) is 4.79 Å². The van der Waals surface area contributed by atoms with E-state index in [9.17, 15) is 4.79 Å². The number of allylic oxidation sites excluding steroid dienone is 1. The minimum atomic E-state index is 0.0302. The van der Waals surface area contributed by atoms with Crippen LogP contribution in [0.25, 0.3) is 11.7 Å². The lowest BCUT2D eigenvalue weighted by Crippen LogP contribution is -2.36. The van der Waals surface area contributed by atoms with Gasteiger partial charge >= 0.3 is 5.69 Å². The van der Waals surface area contributed by atoms with Gasteiger partial charge in [0.2, 0.25) is 0 Å². The highest BCUT2D eigenvalue weighted by atomic mass is 16.1. The van der Waals surface area contributed by atoms with Gasteiger partial charge in [0.25, 0.3) is 0 Å². The first-order valence-electron chi connectivity index (χ1n) is 8.39. The summed E-state index contributed by atoms with van der Waals surface area (Å²) in [6.07, 6.45) is 6.97. The van der Waals surface area contributed by atoms with E-state index in [1.807, 2.05) is 17.0 Å². The average Bonchev–Trinajstić information content (AvgIpc) is 2.69. The van der Waals surface area contributed by atoms with Crippen LogP contribution in [0, 0.1) is 10.8 Å². The molecule has 124 valence electrons. The molecule has 1 aliphatic rings. The second kappa shape index (κ2) is 4.62. The zero-order valence-corrected chi connectivity index (χ0v) is 15.4. The number of pyridine rings is 1. The smallest absolute Gasteiger partial charge is 0.271 e. The normalized spacial score (nSPS) is 21.7. The largest absolute Gasteiger partial charge is 0.337 e. The van der Waals surface area contributed by atoms with E-state index in [1.165, 1.54) is 5.56 Å². The van der Waals surface area contributed by atoms with Gasteiger partial charge in [0, 0.05) is 12.4 Å². The van der Waals surface area contributed by atoms with Gasteiger partial charge in [-0.15, -0.1) is 0 Å². The number of rotatable bonds is 0. The highest BCUT2D eigenvalue weighted by molar-refractivity contribution is 5.59. The van der Waals surface area contributed by atoms with Crippen molar-refractivity contribution < 1.29 is 0 Å². The van der Waals surface area contributed by atoms with Crippen LogP contribution < -0.4 is 5.69 Å². The van der Waals surface area contributed by atoms with Gasteiger partial charge < -0.3 is 0 Å². The molecule has 0 aliphatic carbocycles. The predicted octanol–water partition coefficient (Wildman–Crippen LogP) is 4.48. The molecule has 3 rings (SSSR count). The van der Waals surface area contributed by atoms with Crippen LogP contribution in [0.2, 0.25) is 0 Å². The first-order valence-corrected chi connectivity index (χ1v) is 8.39. The second-order valence-corrected chi connectivity index (χ2v) is 9.18. The Labute approximate surface area is 138 Å². The monoisotopic (exact) mass is 312 g/mol. The van der Waals surface area contributed by atoms with Gasteiger partial charge in [-0.3, -0.25) is 8.97 Å². The molecule has 0 N–H and O–H groups in total. The van der Waals surface area contributed by atoms with Crippen molar-refractivity contribution in [1.29, 1.82) is 0 Å². The number of nitrogens with zero attached hydrogens (tertiary/aromatic N) is 2. The lowest BCUT2D eigenvalue weighted by molar-refractivity contribution is 0.164. The first-order chi connectivity index (χ1) is 10.4. The Kier molecular flexibility index (Phi) is 3.24. The van der Waals surface area contributed by atoms with Crippen LogP contribution in [0.15, 0.2) is 29.2 Å². The molecule has 0 fully saturated rings. The predicted molar refractivity (Wildman–Crippen MR) is 97.0 cm³/mol. The molecule has 0 saturated heterocycles. The molecule has 0 radical (unpaired) electrons. The van der Waals surface area contributed by atoms with E-state index in [0.29, 0.717) is 0 Å². The van der Waals surface area contributed by atoms with Crippen LogP contribution in [0.1, 0.15) is 59.7 Å². The highest BCUT2D eigenvalue weighted by Crippen LogP contribution is 2.45. The van der Waals surface area contributed by atoms with Crippen LogP contribution in [0.5, 0.6) is 0 Å². The van der Waals surface area contributed by atoms with E-state index >= 15 is 0 Å². The SMILES string of the molecule is CC(C)(C)c1ccn2c(=O)n3c(c2c1)CC(C)(C(C)(C)C)C=C3. The van der Waals surface area contributed by atoms with Crippen molar-refractivity contribution in [2.45, 2.75) is 60.3 Å². The molecule has 0 saturated carbocycles. The van der Waals surface area contributed by atoms with E-state index in [1.54, 1.807) is 4.40 Å². The molecule has 0 amide bonds. The Morgan fingerprint density at radius 2 is 1.78 bits per heavy atom. The molecule has 23 heavy (non-hydrogen) atoms. The maximum Gasteiger partial charge on any atom is 0.337 e. The van der Waals surface area contributed by atoms with E-state index < -0.39 is 0 Å². The summed E-state index contributed by atoms with van der Waals surface area (Å²) in [7, 11) is 0. The van der Waals surface area contributed by atoms with E-state index in [-0.39, 0.29) is 21.9 Å². The maximum absolute atomic E-state index is 12.7. The molecule has 3 heteroatoms. The van der Waals surface area contributed by atoms with Crippen LogP contribution in [-0.4, -0.2) is 8.97 Å². The van der Waals surface area contributed by atoms with Gasteiger partial charge in [0.1, 0.15) is 0 Å². The summed E-state index contributed by atoms with van der Waals surface area (Å²) in [6.45, 7) is 15.7. The van der Waals surface area contributed by atoms with E-state index in [4.69, 9.17) is 0 Å². The Hall–Kier alpha value is -1.77. The van der Waals surface area contributed by atoms with Crippen molar-refractivity contribution in [3.63, 3.8) is 0 Å². The average molecular weight is 312 g/mol. The second-order valence-electron chi connectivity index (χ2n) is 9.18. The first kappa shape index (κ1) is 16.1. The molecule has 2 aromatic heterocycles. The number of imidazole rings is 1. The van der Waals surface area contributed by atoms with Crippen LogP contribution >= 0.6 is 0 Å². The zero-order valence-electron chi connectivity index (χ0n) is 15.4. The van der Waals surface area contributed by atoms with Gasteiger partial charge in [-0.2, -0.15) is 0 Å². The Balaban J connectivity index is 2.26. The van der Waals surface area contributed by atoms with Crippen LogP contribution in [0.4, 0.5) is 0 Å². The molecule has 3 heterocycles. The molecule has 0 spiro atoms. The van der Waals surface area contributed by atoms with E-state index in [2.05, 4.69) is 66.7 Å². The van der Waals surface area contributed by atoms with Crippen molar-refractivity contribution in [3.05, 3.63) is 46.1 Å². The van der Waals surface area contributed by atoms with Crippen LogP contribution in [-0.2, 0) is 11.8 Å². The van der Waals surface area contributed by atoms with Crippen LogP contribution in [0.3, 0.4) is 0 Å². The standard InChI is InChI=1S/C20H28N2O/c1-18(2,3)14-8-10-21-15(12-14)16-13-20(7,19(4,5)6)9-11-22(16)17(21)23/h8-12H,13H2,1-7H3. The third-order valence-electron chi connectivity index (χ3n) is 5.66. The summed E-state index contributed by atoms with van der Waals surface area (Å²) in [5, 5.41) is 0. The minimum Gasteiger partial charge on any atom is -0.271 e. The van der Waals surface area contributed by atoms with Crippen molar-refractivity contribution in [1.82, 2.24) is 8.97 Å². The molecule has 1 unspecified atom stereocenters. The summed E-state index contributed by atoms with van der Waals surface area (Å²) in [6, 6.07) is 4.25. The summed E-state index contributed by atoms with van der Waals surface area (Å²) < 4.78 is 3.60. The number of aromatic nitrogens is 2.